The third-order valence-electron chi connectivity index (χ3n) is 2.77. The highest BCUT2D eigenvalue weighted by Crippen LogP contribution is 2.35. The van der Waals surface area contributed by atoms with Gasteiger partial charge in [-0.2, -0.15) is 5.26 Å². The molecular formula is C13H14N2OS. The summed E-state index contributed by atoms with van der Waals surface area (Å²) in [6.07, 6.45) is 2.08. The van der Waals surface area contributed by atoms with Gasteiger partial charge in [-0.1, -0.05) is 13.3 Å². The standard InChI is InChI=1S/C13H14N2OS/c1-2-3-6-15-11-5-4-10(8-14)7-12(11)17-9-13(15)16/h4-5,7H,2-3,6,9H2,1H3. The first-order valence-corrected chi connectivity index (χ1v) is 6.72. The number of unbranched alkanes of at least 4 members (excludes halogenated alkanes) is 1. The zero-order valence-corrected chi connectivity index (χ0v) is 10.6. The van der Waals surface area contributed by atoms with Crippen LogP contribution in [0.5, 0.6) is 0 Å². The number of hydrogen-bond donors (Lipinski definition) is 0. The van der Waals surface area contributed by atoms with E-state index in [1.807, 2.05) is 17.0 Å². The molecule has 1 aliphatic rings. The average molecular weight is 246 g/mol. The number of hydrogen-bond acceptors (Lipinski definition) is 3. The number of nitrogens with zero attached hydrogens (tertiary/aromatic N) is 2. The number of amides is 1. The van der Waals surface area contributed by atoms with E-state index in [-0.39, 0.29) is 5.91 Å². The van der Waals surface area contributed by atoms with Crippen LogP contribution in [0.1, 0.15) is 25.3 Å². The Balaban J connectivity index is 2.32. The highest BCUT2D eigenvalue weighted by Gasteiger charge is 2.24. The topological polar surface area (TPSA) is 44.1 Å². The lowest BCUT2D eigenvalue weighted by molar-refractivity contribution is -0.116. The van der Waals surface area contributed by atoms with E-state index in [0.29, 0.717) is 11.3 Å². The number of benzene rings is 1. The molecule has 0 radical (unpaired) electrons. The summed E-state index contributed by atoms with van der Waals surface area (Å²) in [5.74, 6) is 0.645. The number of carbonyl (C=O) groups is 1. The lowest BCUT2D eigenvalue weighted by Crippen LogP contribution is -2.36. The van der Waals surface area contributed by atoms with Crippen molar-refractivity contribution in [1.29, 1.82) is 5.26 Å². The molecule has 1 aromatic carbocycles. The number of nitriles is 1. The summed E-state index contributed by atoms with van der Waals surface area (Å²) in [5.41, 5.74) is 1.61. The van der Waals surface area contributed by atoms with Gasteiger partial charge in [-0.05, 0) is 24.6 Å². The summed E-state index contributed by atoms with van der Waals surface area (Å²) in [7, 11) is 0. The predicted octanol–water partition coefficient (Wildman–Crippen LogP) is 2.80. The van der Waals surface area contributed by atoms with Gasteiger partial charge in [0.1, 0.15) is 0 Å². The van der Waals surface area contributed by atoms with Crippen LogP contribution in [0.3, 0.4) is 0 Å². The zero-order valence-electron chi connectivity index (χ0n) is 9.77. The summed E-state index contributed by atoms with van der Waals surface area (Å²) in [4.78, 5) is 14.7. The number of rotatable bonds is 3. The Labute approximate surface area is 105 Å². The quantitative estimate of drug-likeness (QED) is 0.823. The molecule has 0 aliphatic carbocycles. The molecule has 1 heterocycles. The van der Waals surface area contributed by atoms with Gasteiger partial charge in [0.25, 0.3) is 0 Å². The van der Waals surface area contributed by atoms with E-state index in [1.54, 1.807) is 6.07 Å². The van der Waals surface area contributed by atoms with E-state index in [9.17, 15) is 4.79 Å². The van der Waals surface area contributed by atoms with Crippen molar-refractivity contribution in [1.82, 2.24) is 0 Å². The molecule has 0 fully saturated rings. The second kappa shape index (κ2) is 5.24. The summed E-state index contributed by atoms with van der Waals surface area (Å²) >= 11 is 1.52. The number of thioether (sulfide) groups is 1. The molecule has 0 saturated heterocycles. The molecule has 0 unspecified atom stereocenters. The minimum absolute atomic E-state index is 0.167. The number of carbonyl (C=O) groups excluding carboxylic acids is 1. The molecule has 3 nitrogen and oxygen atoms in total. The van der Waals surface area contributed by atoms with Crippen molar-refractivity contribution >= 4 is 23.4 Å². The Bertz CT molecular complexity index is 479. The molecular weight excluding hydrogens is 232 g/mol. The molecule has 4 heteroatoms. The highest BCUT2D eigenvalue weighted by atomic mass is 32.2. The maximum absolute atomic E-state index is 11.9. The van der Waals surface area contributed by atoms with Gasteiger partial charge in [-0.3, -0.25) is 4.79 Å². The second-order valence-electron chi connectivity index (χ2n) is 3.98. The third kappa shape index (κ3) is 2.45. The Morgan fingerprint density at radius 1 is 1.53 bits per heavy atom. The minimum atomic E-state index is 0.167. The van der Waals surface area contributed by atoms with Gasteiger partial charge in [0.05, 0.1) is 23.1 Å². The van der Waals surface area contributed by atoms with Crippen LogP contribution in [0, 0.1) is 11.3 Å². The smallest absolute Gasteiger partial charge is 0.237 e. The maximum atomic E-state index is 11.9. The lowest BCUT2D eigenvalue weighted by atomic mass is 10.2. The summed E-state index contributed by atoms with van der Waals surface area (Å²) in [5, 5.41) is 8.86. The highest BCUT2D eigenvalue weighted by molar-refractivity contribution is 8.00. The van der Waals surface area contributed by atoms with Crippen molar-refractivity contribution in [2.45, 2.75) is 24.7 Å². The molecule has 0 atom stereocenters. The van der Waals surface area contributed by atoms with E-state index >= 15 is 0 Å². The fourth-order valence-electron chi connectivity index (χ4n) is 1.84. The van der Waals surface area contributed by atoms with E-state index in [2.05, 4.69) is 13.0 Å². The van der Waals surface area contributed by atoms with Gasteiger partial charge in [0.2, 0.25) is 5.91 Å². The first-order valence-electron chi connectivity index (χ1n) is 5.73. The first kappa shape index (κ1) is 12.0. The first-order chi connectivity index (χ1) is 8.26. The Morgan fingerprint density at radius 3 is 3.06 bits per heavy atom. The Morgan fingerprint density at radius 2 is 2.35 bits per heavy atom. The zero-order chi connectivity index (χ0) is 12.3. The number of anilines is 1. The molecule has 1 aromatic rings. The summed E-state index contributed by atoms with van der Waals surface area (Å²) in [6, 6.07) is 7.65. The molecule has 2 rings (SSSR count). The predicted molar refractivity (Wildman–Crippen MR) is 69.1 cm³/mol. The van der Waals surface area contributed by atoms with Crippen LogP contribution in [0.25, 0.3) is 0 Å². The SMILES string of the molecule is CCCCN1C(=O)CSc2cc(C#N)ccc21. The molecule has 17 heavy (non-hydrogen) atoms. The Kier molecular flexibility index (Phi) is 3.70. The van der Waals surface area contributed by atoms with Crippen molar-refractivity contribution in [2.75, 3.05) is 17.2 Å². The lowest BCUT2D eigenvalue weighted by Gasteiger charge is -2.28. The van der Waals surface area contributed by atoms with Crippen LogP contribution in [-0.4, -0.2) is 18.2 Å². The van der Waals surface area contributed by atoms with E-state index < -0.39 is 0 Å². The summed E-state index contributed by atoms with van der Waals surface area (Å²) < 4.78 is 0. The van der Waals surface area contributed by atoms with E-state index in [0.717, 1.165) is 30.0 Å². The monoisotopic (exact) mass is 246 g/mol. The van der Waals surface area contributed by atoms with Gasteiger partial charge >= 0.3 is 0 Å². The van der Waals surface area contributed by atoms with Crippen LogP contribution in [-0.2, 0) is 4.79 Å². The second-order valence-corrected chi connectivity index (χ2v) is 5.00. The molecule has 0 saturated carbocycles. The minimum Gasteiger partial charge on any atom is -0.311 e. The molecule has 1 amide bonds. The van der Waals surface area contributed by atoms with Crippen molar-refractivity contribution in [3.05, 3.63) is 23.8 Å². The van der Waals surface area contributed by atoms with Gasteiger partial charge in [0.15, 0.2) is 0 Å². The molecule has 0 bridgehead atoms. The van der Waals surface area contributed by atoms with Gasteiger partial charge in [0, 0.05) is 11.4 Å². The largest absolute Gasteiger partial charge is 0.311 e. The van der Waals surface area contributed by atoms with Gasteiger partial charge in [-0.25, -0.2) is 0 Å². The van der Waals surface area contributed by atoms with Crippen molar-refractivity contribution in [3.63, 3.8) is 0 Å². The Hall–Kier alpha value is -1.47. The number of fused-ring (bicyclic) bond motifs is 1. The molecule has 1 aliphatic heterocycles. The van der Waals surface area contributed by atoms with Gasteiger partial charge in [-0.15, -0.1) is 11.8 Å². The van der Waals surface area contributed by atoms with Crippen molar-refractivity contribution in [2.24, 2.45) is 0 Å². The molecule has 0 N–H and O–H groups in total. The van der Waals surface area contributed by atoms with E-state index in [4.69, 9.17) is 5.26 Å². The molecule has 0 spiro atoms. The normalized spacial score (nSPS) is 14.4. The van der Waals surface area contributed by atoms with Crippen LogP contribution >= 0.6 is 11.8 Å². The van der Waals surface area contributed by atoms with Crippen LogP contribution in [0.4, 0.5) is 5.69 Å². The fraction of sp³-hybridized carbons (Fsp3) is 0.385. The molecule has 0 aromatic heterocycles. The van der Waals surface area contributed by atoms with Crippen molar-refractivity contribution in [3.8, 4) is 6.07 Å². The third-order valence-corrected chi connectivity index (χ3v) is 3.80. The van der Waals surface area contributed by atoms with Crippen LogP contribution < -0.4 is 4.90 Å². The molecule has 88 valence electrons. The average Bonchev–Trinajstić information content (AvgIpc) is 2.37. The van der Waals surface area contributed by atoms with E-state index in [1.165, 1.54) is 11.8 Å². The summed E-state index contributed by atoms with van der Waals surface area (Å²) in [6.45, 7) is 2.89. The van der Waals surface area contributed by atoms with Crippen LogP contribution in [0.2, 0.25) is 0 Å². The van der Waals surface area contributed by atoms with Gasteiger partial charge < -0.3 is 4.90 Å². The maximum Gasteiger partial charge on any atom is 0.237 e. The van der Waals surface area contributed by atoms with Crippen LogP contribution in [0.15, 0.2) is 23.1 Å². The fourth-order valence-corrected chi connectivity index (χ4v) is 2.81. The van der Waals surface area contributed by atoms with Crippen molar-refractivity contribution < 1.29 is 4.79 Å².